The van der Waals surface area contributed by atoms with Gasteiger partial charge in [0.05, 0.1) is 19.3 Å². The van der Waals surface area contributed by atoms with E-state index >= 15 is 0 Å². The van der Waals surface area contributed by atoms with Crippen molar-refractivity contribution in [3.8, 4) is 16.8 Å². The molecule has 7 aromatic carbocycles. The molecular formula is C45H30N4S. The van der Waals surface area contributed by atoms with Crippen LogP contribution in [-0.4, -0.2) is 22.5 Å². The zero-order chi connectivity index (χ0) is 38.7. The van der Waals surface area contributed by atoms with Gasteiger partial charge in [0.2, 0.25) is 0 Å². The molecule has 0 bridgehead atoms. The molecule has 0 unspecified atom stereocenters. The highest BCUT2D eigenvalue weighted by molar-refractivity contribution is 7.26. The Morgan fingerprint density at radius 1 is 0.640 bits per heavy atom. The lowest BCUT2D eigenvalue weighted by Crippen LogP contribution is -2.05. The average molecular weight is 665 g/mol. The first kappa shape index (κ1) is 23.8. The topological polar surface area (TPSA) is 53.5 Å². The third-order valence-electron chi connectivity index (χ3n) is 8.68. The van der Waals surface area contributed by atoms with Gasteiger partial charge in [-0.1, -0.05) is 127 Å². The molecule has 0 atom stereocenters. The Labute approximate surface area is 301 Å². The first-order chi connectivity index (χ1) is 27.2. The summed E-state index contributed by atoms with van der Waals surface area (Å²) in [6, 6.07) is 41.0. The SMILES string of the molecule is [2H]c1cc([2H])c2c(c1[2H])c1c([2H])c([2H])cc([2H])c1n2-c1cc(C=NC(=NC(=N)c2ccccc2)c2cccc3c2sc2ccccc23)cc(-c2ccccc2)c1. The van der Waals surface area contributed by atoms with E-state index in [2.05, 4.69) is 18.2 Å². The van der Waals surface area contributed by atoms with Gasteiger partial charge in [-0.2, -0.15) is 0 Å². The van der Waals surface area contributed by atoms with Crippen LogP contribution in [0.3, 0.4) is 0 Å². The molecule has 0 fully saturated rings. The Hall–Kier alpha value is -6.43. The summed E-state index contributed by atoms with van der Waals surface area (Å²) in [4.78, 5) is 9.84. The van der Waals surface area contributed by atoms with E-state index < -0.39 is 0 Å². The summed E-state index contributed by atoms with van der Waals surface area (Å²) in [6.07, 6.45) is 1.70. The number of aliphatic imine (C=N–C) groups is 2. The number of aromatic nitrogens is 1. The molecule has 4 nitrogen and oxygen atoms in total. The standard InChI is InChI=1S/C45H30N4S/c46-44(32-16-5-2-6-17-32)48-45(39-22-13-21-38-37-20-9-12-25-42(37)50-43(38)39)47-29-30-26-33(31-14-3-1-4-15-31)28-34(27-30)49-40-23-10-7-18-35(40)36-19-8-11-24-41(36)49/h1-29,46H/i7D,8D,18D,19D,23D,24D. The van der Waals surface area contributed by atoms with Gasteiger partial charge in [0, 0.05) is 54.0 Å². The monoisotopic (exact) mass is 664 g/mol. The molecule has 1 N–H and O–H groups in total. The molecule has 0 saturated carbocycles. The third kappa shape index (κ3) is 5.30. The van der Waals surface area contributed by atoms with Crippen molar-refractivity contribution in [3.63, 3.8) is 0 Å². The number of para-hydroxylation sites is 2. The van der Waals surface area contributed by atoms with Gasteiger partial charge >= 0.3 is 0 Å². The summed E-state index contributed by atoms with van der Waals surface area (Å²) in [5.41, 5.74) is 4.90. The maximum atomic E-state index is 9.01. The molecule has 0 aliphatic heterocycles. The highest BCUT2D eigenvalue weighted by Crippen LogP contribution is 2.37. The lowest BCUT2D eigenvalue weighted by Gasteiger charge is -2.12. The van der Waals surface area contributed by atoms with E-state index in [0.717, 1.165) is 36.9 Å². The van der Waals surface area contributed by atoms with Gasteiger partial charge in [0.1, 0.15) is 0 Å². The second kappa shape index (κ2) is 12.5. The molecule has 50 heavy (non-hydrogen) atoms. The second-order valence-electron chi connectivity index (χ2n) is 11.8. The van der Waals surface area contributed by atoms with E-state index in [1.807, 2.05) is 103 Å². The van der Waals surface area contributed by atoms with Gasteiger partial charge in [0.15, 0.2) is 11.7 Å². The molecule has 0 aliphatic carbocycles. The maximum Gasteiger partial charge on any atom is 0.163 e. The van der Waals surface area contributed by atoms with Crippen molar-refractivity contribution in [1.82, 2.24) is 4.57 Å². The van der Waals surface area contributed by atoms with Crippen molar-refractivity contribution in [2.24, 2.45) is 9.98 Å². The molecule has 0 spiro atoms. The Morgan fingerprint density at radius 3 is 2.08 bits per heavy atom. The van der Waals surface area contributed by atoms with Crippen LogP contribution >= 0.6 is 11.3 Å². The molecule has 2 heterocycles. The van der Waals surface area contributed by atoms with Crippen LogP contribution in [0.4, 0.5) is 0 Å². The van der Waals surface area contributed by atoms with Crippen LogP contribution in [0.1, 0.15) is 24.9 Å². The predicted octanol–water partition coefficient (Wildman–Crippen LogP) is 11.7. The highest BCUT2D eigenvalue weighted by atomic mass is 32.1. The highest BCUT2D eigenvalue weighted by Gasteiger charge is 2.16. The van der Waals surface area contributed by atoms with Crippen LogP contribution in [0.25, 0.3) is 58.8 Å². The van der Waals surface area contributed by atoms with Crippen molar-refractivity contribution < 1.29 is 8.22 Å². The normalized spacial score (nSPS) is 13.8. The Bertz CT molecular complexity index is 3040. The largest absolute Gasteiger partial charge is 0.309 e. The molecule has 236 valence electrons. The average Bonchev–Trinajstić information content (AvgIpc) is 3.79. The number of hydrogen-bond acceptors (Lipinski definition) is 2. The number of nitrogens with one attached hydrogen (secondary N) is 1. The fourth-order valence-corrected chi connectivity index (χ4v) is 7.60. The summed E-state index contributed by atoms with van der Waals surface area (Å²) in [6.45, 7) is 0. The fourth-order valence-electron chi connectivity index (χ4n) is 6.39. The quantitative estimate of drug-likeness (QED) is 0.141. The minimum atomic E-state index is -0.171. The number of nitrogens with zero attached hydrogens (tertiary/aromatic N) is 3. The van der Waals surface area contributed by atoms with Gasteiger partial charge in [-0.05, 0) is 59.1 Å². The Kier molecular flexibility index (Phi) is 5.98. The van der Waals surface area contributed by atoms with Crippen LogP contribution in [0.5, 0.6) is 0 Å². The molecule has 0 saturated heterocycles. The molecule has 0 amide bonds. The molecule has 9 rings (SSSR count). The Morgan fingerprint density at radius 2 is 1.32 bits per heavy atom. The van der Waals surface area contributed by atoms with E-state index in [4.69, 9.17) is 23.6 Å². The summed E-state index contributed by atoms with van der Waals surface area (Å²) in [7, 11) is 0. The van der Waals surface area contributed by atoms with Crippen molar-refractivity contribution in [2.45, 2.75) is 0 Å². The summed E-state index contributed by atoms with van der Waals surface area (Å²) >= 11 is 1.65. The molecule has 0 aliphatic rings. The first-order valence-electron chi connectivity index (χ1n) is 19.1. The second-order valence-corrected chi connectivity index (χ2v) is 12.8. The van der Waals surface area contributed by atoms with E-state index in [0.29, 0.717) is 22.6 Å². The zero-order valence-corrected chi connectivity index (χ0v) is 27.3. The minimum absolute atomic E-state index is 0.0341. The van der Waals surface area contributed by atoms with Crippen LogP contribution in [0.2, 0.25) is 0 Å². The van der Waals surface area contributed by atoms with Crippen LogP contribution in [0, 0.1) is 5.41 Å². The molecule has 2 aromatic heterocycles. The van der Waals surface area contributed by atoms with Crippen molar-refractivity contribution in [2.75, 3.05) is 0 Å². The summed E-state index contributed by atoms with van der Waals surface area (Å²) in [5.74, 6) is 0.413. The lowest BCUT2D eigenvalue weighted by molar-refractivity contribution is 1.18. The van der Waals surface area contributed by atoms with E-state index in [9.17, 15) is 0 Å². The number of thiophene rings is 1. The number of benzene rings is 7. The summed E-state index contributed by atoms with van der Waals surface area (Å²) in [5, 5.41) is 11.6. The van der Waals surface area contributed by atoms with Crippen LogP contribution in [-0.2, 0) is 0 Å². The van der Waals surface area contributed by atoms with E-state index in [-0.39, 0.29) is 63.9 Å². The van der Waals surface area contributed by atoms with Crippen molar-refractivity contribution in [3.05, 3.63) is 186 Å². The van der Waals surface area contributed by atoms with Crippen molar-refractivity contribution >= 4 is 71.2 Å². The third-order valence-corrected chi connectivity index (χ3v) is 9.90. The van der Waals surface area contributed by atoms with Gasteiger partial charge in [0.25, 0.3) is 0 Å². The van der Waals surface area contributed by atoms with E-state index in [1.165, 1.54) is 12.1 Å². The van der Waals surface area contributed by atoms with Gasteiger partial charge in [-0.15, -0.1) is 11.3 Å². The number of hydrogen-bond donors (Lipinski definition) is 1. The number of rotatable bonds is 5. The van der Waals surface area contributed by atoms with Crippen LogP contribution < -0.4 is 0 Å². The van der Waals surface area contributed by atoms with Gasteiger partial charge < -0.3 is 4.57 Å². The summed E-state index contributed by atoms with van der Waals surface area (Å²) < 4.78 is 56.4. The van der Waals surface area contributed by atoms with Crippen LogP contribution in [0.15, 0.2) is 180 Å². The first-order valence-corrected chi connectivity index (χ1v) is 16.9. The van der Waals surface area contributed by atoms with E-state index in [1.54, 1.807) is 22.1 Å². The number of fused-ring (bicyclic) bond motifs is 6. The Balaban J connectivity index is 1.30. The lowest BCUT2D eigenvalue weighted by atomic mass is 10.0. The van der Waals surface area contributed by atoms with Gasteiger partial charge in [-0.25, -0.2) is 9.98 Å². The molecule has 9 aromatic rings. The molecule has 5 heteroatoms. The van der Waals surface area contributed by atoms with Gasteiger partial charge in [-0.3, -0.25) is 5.41 Å². The maximum absolute atomic E-state index is 9.01. The minimum Gasteiger partial charge on any atom is -0.309 e. The zero-order valence-electron chi connectivity index (χ0n) is 32.5. The fraction of sp³-hybridized carbons (Fsp3) is 0. The number of amidine groups is 2. The molecule has 0 radical (unpaired) electrons. The predicted molar refractivity (Wildman–Crippen MR) is 213 cm³/mol. The van der Waals surface area contributed by atoms with Crippen molar-refractivity contribution in [1.29, 1.82) is 5.41 Å². The smallest absolute Gasteiger partial charge is 0.163 e. The molecular weight excluding hydrogens is 629 g/mol.